The minimum absolute atomic E-state index is 0.185. The number of aromatic nitrogens is 2. The molecule has 0 atom stereocenters. The molecule has 1 aromatic heterocycles. The van der Waals surface area contributed by atoms with Crippen LogP contribution in [-0.4, -0.2) is 35.9 Å². The quantitative estimate of drug-likeness (QED) is 0.635. The van der Waals surface area contributed by atoms with Gasteiger partial charge in [0.2, 0.25) is 0 Å². The van der Waals surface area contributed by atoms with E-state index in [0.717, 1.165) is 28.0 Å². The summed E-state index contributed by atoms with van der Waals surface area (Å²) in [6, 6.07) is 9.25. The van der Waals surface area contributed by atoms with Gasteiger partial charge in [-0.3, -0.25) is 9.59 Å². The molecule has 0 aliphatic carbocycles. The van der Waals surface area contributed by atoms with E-state index in [2.05, 4.69) is 20.6 Å². The van der Waals surface area contributed by atoms with E-state index < -0.39 is 0 Å². The topological polar surface area (TPSA) is 96.1 Å². The lowest BCUT2D eigenvalue weighted by atomic mass is 9.91. The van der Waals surface area contributed by atoms with Crippen molar-refractivity contribution in [3.8, 4) is 16.9 Å². The summed E-state index contributed by atoms with van der Waals surface area (Å²) in [6.45, 7) is 3.74. The molecule has 144 valence electrons. The number of rotatable bonds is 5. The fourth-order valence-electron chi connectivity index (χ4n) is 3.03. The van der Waals surface area contributed by atoms with Gasteiger partial charge in [-0.15, -0.1) is 0 Å². The van der Waals surface area contributed by atoms with Crippen LogP contribution in [0.4, 0.5) is 5.69 Å². The molecular formula is C21H22N4O3. The van der Waals surface area contributed by atoms with Crippen LogP contribution < -0.4 is 15.4 Å². The molecule has 3 aromatic rings. The molecule has 3 rings (SSSR count). The summed E-state index contributed by atoms with van der Waals surface area (Å²) in [4.78, 5) is 31.8. The first-order chi connectivity index (χ1) is 13.5. The smallest absolute Gasteiger partial charge is 0.291 e. The SMILES string of the molecule is CNC(=O)c1c(-c2ccc(OC)cc2)cc(NC(=O)c2ncc[nH]2)c(C)c1C. The standard InChI is InChI=1S/C21H22N4O3/c1-12-13(2)18(20(26)22-3)16(14-5-7-15(28-4)8-6-14)11-17(12)25-21(27)19-23-9-10-24-19/h5-11H,1-4H3,(H,22,26)(H,23,24)(H,25,27). The Hall–Kier alpha value is -3.61. The predicted octanol–water partition coefficient (Wildman–Crippen LogP) is 3.31. The van der Waals surface area contributed by atoms with Gasteiger partial charge in [0.15, 0.2) is 5.82 Å². The average Bonchev–Trinajstić information content (AvgIpc) is 3.26. The monoisotopic (exact) mass is 378 g/mol. The molecule has 0 saturated heterocycles. The van der Waals surface area contributed by atoms with Gasteiger partial charge in [-0.2, -0.15) is 0 Å². The summed E-state index contributed by atoms with van der Waals surface area (Å²) in [7, 11) is 3.20. The molecular weight excluding hydrogens is 356 g/mol. The molecule has 3 N–H and O–H groups in total. The Morgan fingerprint density at radius 1 is 1.07 bits per heavy atom. The lowest BCUT2D eigenvalue weighted by molar-refractivity contribution is 0.0962. The van der Waals surface area contributed by atoms with Gasteiger partial charge in [0, 0.05) is 25.1 Å². The van der Waals surface area contributed by atoms with Crippen molar-refractivity contribution in [2.75, 3.05) is 19.5 Å². The number of nitrogens with one attached hydrogen (secondary N) is 3. The van der Waals surface area contributed by atoms with E-state index in [-0.39, 0.29) is 17.6 Å². The lowest BCUT2D eigenvalue weighted by Gasteiger charge is -2.18. The second-order valence-corrected chi connectivity index (χ2v) is 6.30. The maximum Gasteiger partial charge on any atom is 0.291 e. The van der Waals surface area contributed by atoms with E-state index in [9.17, 15) is 9.59 Å². The zero-order valence-electron chi connectivity index (χ0n) is 16.2. The zero-order chi connectivity index (χ0) is 20.3. The van der Waals surface area contributed by atoms with Gasteiger partial charge in [-0.25, -0.2) is 4.98 Å². The molecule has 1 heterocycles. The number of hydrogen-bond acceptors (Lipinski definition) is 4. The van der Waals surface area contributed by atoms with Gasteiger partial charge in [-0.05, 0) is 54.3 Å². The highest BCUT2D eigenvalue weighted by molar-refractivity contribution is 6.06. The molecule has 0 aliphatic heterocycles. The molecule has 7 heteroatoms. The molecule has 0 unspecified atom stereocenters. The number of H-pyrrole nitrogens is 1. The average molecular weight is 378 g/mol. The number of amides is 2. The van der Waals surface area contributed by atoms with Crippen LogP contribution in [0.5, 0.6) is 5.75 Å². The van der Waals surface area contributed by atoms with Gasteiger partial charge < -0.3 is 20.4 Å². The van der Waals surface area contributed by atoms with Crippen LogP contribution in [0.25, 0.3) is 11.1 Å². The van der Waals surface area contributed by atoms with Crippen LogP contribution in [0.2, 0.25) is 0 Å². The molecule has 0 fully saturated rings. The van der Waals surface area contributed by atoms with Crippen LogP contribution in [0.15, 0.2) is 42.7 Å². The van der Waals surface area contributed by atoms with E-state index in [0.29, 0.717) is 11.3 Å². The third-order valence-corrected chi connectivity index (χ3v) is 4.72. The molecule has 7 nitrogen and oxygen atoms in total. The number of ether oxygens (including phenoxy) is 1. The third kappa shape index (κ3) is 3.59. The summed E-state index contributed by atoms with van der Waals surface area (Å²) >= 11 is 0. The fourth-order valence-corrected chi connectivity index (χ4v) is 3.03. The molecule has 0 bridgehead atoms. The Bertz CT molecular complexity index is 1010. The highest BCUT2D eigenvalue weighted by Gasteiger charge is 2.20. The predicted molar refractivity (Wildman–Crippen MR) is 108 cm³/mol. The van der Waals surface area contributed by atoms with Crippen molar-refractivity contribution in [1.29, 1.82) is 0 Å². The number of benzene rings is 2. The van der Waals surface area contributed by atoms with Crippen LogP contribution in [0.1, 0.15) is 32.1 Å². The first kappa shape index (κ1) is 19.2. The molecule has 0 spiro atoms. The maximum atomic E-state index is 12.6. The number of nitrogens with zero attached hydrogens (tertiary/aromatic N) is 1. The number of methoxy groups -OCH3 is 1. The van der Waals surface area contributed by atoms with Crippen molar-refractivity contribution in [3.63, 3.8) is 0 Å². The number of anilines is 1. The zero-order valence-corrected chi connectivity index (χ0v) is 16.2. The van der Waals surface area contributed by atoms with Crippen molar-refractivity contribution in [3.05, 3.63) is 65.2 Å². The van der Waals surface area contributed by atoms with Crippen molar-refractivity contribution >= 4 is 17.5 Å². The van der Waals surface area contributed by atoms with Crippen molar-refractivity contribution < 1.29 is 14.3 Å². The minimum atomic E-state index is -0.346. The van der Waals surface area contributed by atoms with E-state index in [1.165, 1.54) is 6.20 Å². The molecule has 2 aromatic carbocycles. The van der Waals surface area contributed by atoms with Crippen molar-refractivity contribution in [1.82, 2.24) is 15.3 Å². The second kappa shape index (κ2) is 7.96. The summed E-state index contributed by atoms with van der Waals surface area (Å²) in [5, 5.41) is 5.58. The number of aromatic amines is 1. The largest absolute Gasteiger partial charge is 0.497 e. The highest BCUT2D eigenvalue weighted by atomic mass is 16.5. The highest BCUT2D eigenvalue weighted by Crippen LogP contribution is 2.34. The van der Waals surface area contributed by atoms with Crippen LogP contribution >= 0.6 is 0 Å². The van der Waals surface area contributed by atoms with Crippen LogP contribution in [-0.2, 0) is 0 Å². The minimum Gasteiger partial charge on any atom is -0.497 e. The first-order valence-electron chi connectivity index (χ1n) is 8.77. The van der Waals surface area contributed by atoms with Gasteiger partial charge in [-0.1, -0.05) is 12.1 Å². The Morgan fingerprint density at radius 3 is 2.36 bits per heavy atom. The van der Waals surface area contributed by atoms with Crippen molar-refractivity contribution in [2.24, 2.45) is 0 Å². The second-order valence-electron chi connectivity index (χ2n) is 6.30. The van der Waals surface area contributed by atoms with E-state index >= 15 is 0 Å². The summed E-state index contributed by atoms with van der Waals surface area (Å²) in [5.74, 6) is 0.412. The number of carbonyl (C=O) groups is 2. The van der Waals surface area contributed by atoms with E-state index in [1.54, 1.807) is 20.4 Å². The molecule has 2 amide bonds. The number of hydrogen-bond donors (Lipinski definition) is 3. The first-order valence-corrected chi connectivity index (χ1v) is 8.77. The van der Waals surface area contributed by atoms with Crippen LogP contribution in [0, 0.1) is 13.8 Å². The van der Waals surface area contributed by atoms with Gasteiger partial charge in [0.25, 0.3) is 11.8 Å². The molecule has 0 saturated carbocycles. The normalized spacial score (nSPS) is 10.4. The molecule has 0 aliphatic rings. The Kier molecular flexibility index (Phi) is 5.44. The fraction of sp³-hybridized carbons (Fsp3) is 0.190. The molecule has 28 heavy (non-hydrogen) atoms. The summed E-state index contributed by atoms with van der Waals surface area (Å²) < 4.78 is 5.22. The Morgan fingerprint density at radius 2 is 1.79 bits per heavy atom. The summed E-state index contributed by atoms with van der Waals surface area (Å²) in [6.07, 6.45) is 3.11. The van der Waals surface area contributed by atoms with E-state index in [4.69, 9.17) is 4.74 Å². The maximum absolute atomic E-state index is 12.6. The number of carbonyl (C=O) groups excluding carboxylic acids is 2. The Balaban J connectivity index is 2.13. The van der Waals surface area contributed by atoms with Crippen molar-refractivity contribution in [2.45, 2.75) is 13.8 Å². The van der Waals surface area contributed by atoms with Crippen LogP contribution in [0.3, 0.4) is 0 Å². The lowest BCUT2D eigenvalue weighted by Crippen LogP contribution is -2.22. The Labute approximate surface area is 163 Å². The summed E-state index contributed by atoms with van der Waals surface area (Å²) in [5.41, 5.74) is 4.37. The van der Waals surface area contributed by atoms with Gasteiger partial charge >= 0.3 is 0 Å². The molecule has 0 radical (unpaired) electrons. The van der Waals surface area contributed by atoms with E-state index in [1.807, 2.05) is 44.2 Å². The third-order valence-electron chi connectivity index (χ3n) is 4.72. The number of imidazole rings is 1. The van der Waals surface area contributed by atoms with Gasteiger partial charge in [0.05, 0.1) is 12.7 Å². The van der Waals surface area contributed by atoms with Gasteiger partial charge in [0.1, 0.15) is 5.75 Å².